The highest BCUT2D eigenvalue weighted by molar-refractivity contribution is 5.98. The van der Waals surface area contributed by atoms with Crippen LogP contribution < -0.4 is 10.5 Å². The summed E-state index contributed by atoms with van der Waals surface area (Å²) >= 11 is 0. The van der Waals surface area contributed by atoms with Crippen molar-refractivity contribution in [3.8, 4) is 5.75 Å². The van der Waals surface area contributed by atoms with Crippen molar-refractivity contribution in [1.82, 2.24) is 4.90 Å². The normalized spacial score (nSPS) is 34.8. The lowest BCUT2D eigenvalue weighted by Gasteiger charge is -2.56. The van der Waals surface area contributed by atoms with Gasteiger partial charge in [0.05, 0.1) is 16.6 Å². The molecule has 0 radical (unpaired) electrons. The van der Waals surface area contributed by atoms with Crippen LogP contribution in [0, 0.1) is 11.8 Å². The van der Waals surface area contributed by atoms with Crippen LogP contribution in [-0.2, 0) is 16.6 Å². The zero-order valence-electron chi connectivity index (χ0n) is 17.2. The predicted molar refractivity (Wildman–Crippen MR) is 108 cm³/mol. The Hall–Kier alpha value is -1.92. The Balaban J connectivity index is 1.65. The molecule has 0 aromatic heterocycles. The van der Waals surface area contributed by atoms with E-state index < -0.39 is 23.0 Å². The van der Waals surface area contributed by atoms with Crippen molar-refractivity contribution in [3.63, 3.8) is 0 Å². The zero-order valence-corrected chi connectivity index (χ0v) is 17.2. The standard InChI is InChI=1S/C23H30N2O4/c1-13-11-15-5-6-16(21(24)27)19-18(15)22(9-10-25(2)12-14-3-4-14)20(29-19)17(26)7-8-23(13,22)28/h5-6,13-14,20,28H,3-4,7-12H2,1-2H3,(H2,24,27)/t13-,20?,22+,23-/m1/s1. The molecular formula is C23H30N2O4. The Bertz CT molecular complexity index is 895. The summed E-state index contributed by atoms with van der Waals surface area (Å²) in [6.07, 6.45) is 3.93. The Morgan fingerprint density at radius 2 is 2.14 bits per heavy atom. The zero-order chi connectivity index (χ0) is 20.6. The third-order valence-corrected chi connectivity index (χ3v) is 7.95. The third-order valence-electron chi connectivity index (χ3n) is 7.95. The number of nitrogens with two attached hydrogens (primary N) is 1. The minimum absolute atomic E-state index is 0.00770. The van der Waals surface area contributed by atoms with Gasteiger partial charge in [0.25, 0.3) is 5.91 Å². The van der Waals surface area contributed by atoms with Crippen molar-refractivity contribution < 1.29 is 19.4 Å². The molecule has 6 nitrogen and oxygen atoms in total. The molecule has 3 N–H and O–H groups in total. The van der Waals surface area contributed by atoms with E-state index in [-0.39, 0.29) is 11.7 Å². The first-order valence-electron chi connectivity index (χ1n) is 10.8. The quantitative estimate of drug-likeness (QED) is 0.762. The van der Waals surface area contributed by atoms with Gasteiger partial charge in [-0.1, -0.05) is 13.0 Å². The minimum atomic E-state index is -1.03. The maximum Gasteiger partial charge on any atom is 0.252 e. The molecule has 4 atom stereocenters. The Labute approximate surface area is 171 Å². The number of rotatable bonds is 6. The van der Waals surface area contributed by atoms with E-state index in [1.165, 1.54) is 12.8 Å². The summed E-state index contributed by atoms with van der Waals surface area (Å²) < 4.78 is 6.22. The molecule has 1 heterocycles. The highest BCUT2D eigenvalue weighted by Crippen LogP contribution is 2.62. The van der Waals surface area contributed by atoms with Gasteiger partial charge in [-0.3, -0.25) is 9.59 Å². The molecule has 29 heavy (non-hydrogen) atoms. The van der Waals surface area contributed by atoms with Gasteiger partial charge in [0.2, 0.25) is 0 Å². The monoisotopic (exact) mass is 398 g/mol. The number of Topliss-reactive ketones (excluding diaryl/α,β-unsaturated/α-hetero) is 1. The largest absolute Gasteiger partial charge is 0.480 e. The smallest absolute Gasteiger partial charge is 0.252 e. The number of nitrogens with zero attached hydrogens (tertiary/aromatic N) is 1. The van der Waals surface area contributed by atoms with E-state index in [4.69, 9.17) is 10.5 Å². The van der Waals surface area contributed by atoms with Crippen LogP contribution >= 0.6 is 0 Å². The fourth-order valence-electron chi connectivity index (χ4n) is 6.26. The first-order valence-corrected chi connectivity index (χ1v) is 10.8. The van der Waals surface area contributed by atoms with Crippen LogP contribution in [0.15, 0.2) is 12.1 Å². The number of carbonyl (C=O) groups excluding carboxylic acids is 2. The van der Waals surface area contributed by atoms with E-state index in [1.807, 2.05) is 6.07 Å². The molecule has 4 aliphatic rings. The molecule has 3 aliphatic carbocycles. The second-order valence-corrected chi connectivity index (χ2v) is 9.76. The van der Waals surface area contributed by atoms with Gasteiger partial charge in [-0.15, -0.1) is 0 Å². The van der Waals surface area contributed by atoms with Gasteiger partial charge in [-0.05, 0) is 69.2 Å². The molecule has 1 aromatic carbocycles. The summed E-state index contributed by atoms with van der Waals surface area (Å²) in [6.45, 7) is 3.90. The summed E-state index contributed by atoms with van der Waals surface area (Å²) in [6, 6.07) is 3.65. The molecule has 156 valence electrons. The summed E-state index contributed by atoms with van der Waals surface area (Å²) in [5.41, 5.74) is 6.04. The first kappa shape index (κ1) is 19.1. The molecule has 2 saturated carbocycles. The molecule has 1 aromatic rings. The molecule has 6 heteroatoms. The van der Waals surface area contributed by atoms with Crippen LogP contribution in [0.1, 0.15) is 60.5 Å². The Morgan fingerprint density at radius 3 is 2.83 bits per heavy atom. The Kier molecular flexibility index (Phi) is 4.13. The maximum absolute atomic E-state index is 13.0. The average molecular weight is 399 g/mol. The van der Waals surface area contributed by atoms with Gasteiger partial charge in [0.15, 0.2) is 11.9 Å². The van der Waals surface area contributed by atoms with Crippen LogP contribution in [0.3, 0.4) is 0 Å². The second-order valence-electron chi connectivity index (χ2n) is 9.76. The molecular weight excluding hydrogens is 368 g/mol. The summed E-state index contributed by atoms with van der Waals surface area (Å²) in [5.74, 6) is 0.679. The van der Waals surface area contributed by atoms with E-state index in [9.17, 15) is 14.7 Å². The van der Waals surface area contributed by atoms with Crippen LogP contribution in [0.4, 0.5) is 0 Å². The van der Waals surface area contributed by atoms with Gasteiger partial charge in [0.1, 0.15) is 5.75 Å². The van der Waals surface area contributed by atoms with E-state index in [0.717, 1.165) is 30.1 Å². The van der Waals surface area contributed by atoms with Crippen LogP contribution in [-0.4, -0.2) is 53.5 Å². The van der Waals surface area contributed by atoms with Crippen LogP contribution in [0.2, 0.25) is 0 Å². The molecule has 1 unspecified atom stereocenters. The van der Waals surface area contributed by atoms with Crippen LogP contribution in [0.25, 0.3) is 0 Å². The molecule has 0 bridgehead atoms. The first-order chi connectivity index (χ1) is 13.8. The fraction of sp³-hybridized carbons (Fsp3) is 0.652. The number of hydrogen-bond donors (Lipinski definition) is 2. The van der Waals surface area contributed by atoms with E-state index >= 15 is 0 Å². The molecule has 2 fully saturated rings. The Morgan fingerprint density at radius 1 is 1.38 bits per heavy atom. The van der Waals surface area contributed by atoms with Crippen molar-refractivity contribution in [2.45, 2.75) is 62.6 Å². The van der Waals surface area contributed by atoms with Gasteiger partial charge in [-0.25, -0.2) is 0 Å². The lowest BCUT2D eigenvalue weighted by Crippen LogP contribution is -2.68. The van der Waals surface area contributed by atoms with E-state index in [0.29, 0.717) is 37.0 Å². The number of benzene rings is 1. The van der Waals surface area contributed by atoms with Crippen LogP contribution in [0.5, 0.6) is 5.75 Å². The number of amides is 1. The molecule has 0 spiro atoms. The van der Waals surface area contributed by atoms with Gasteiger partial charge in [0, 0.05) is 18.5 Å². The SMILES string of the molecule is C[C@@H]1Cc2ccc(C(N)=O)c3c2[C@@]2(CCN(C)CC4CC4)C(O3)C(=O)CC[C@@]12O. The number of ether oxygens (including phenoxy) is 1. The summed E-state index contributed by atoms with van der Waals surface area (Å²) in [4.78, 5) is 27.4. The van der Waals surface area contributed by atoms with Gasteiger partial charge < -0.3 is 20.5 Å². The highest BCUT2D eigenvalue weighted by Gasteiger charge is 2.69. The van der Waals surface area contributed by atoms with Gasteiger partial charge in [-0.2, -0.15) is 0 Å². The predicted octanol–water partition coefficient (Wildman–Crippen LogP) is 1.80. The topological polar surface area (TPSA) is 92.9 Å². The molecule has 1 aliphatic heterocycles. The molecule has 1 amide bonds. The number of hydrogen-bond acceptors (Lipinski definition) is 5. The lowest BCUT2D eigenvalue weighted by molar-refractivity contribution is -0.165. The van der Waals surface area contributed by atoms with E-state index in [1.54, 1.807) is 6.07 Å². The minimum Gasteiger partial charge on any atom is -0.480 e. The third kappa shape index (κ3) is 2.55. The second kappa shape index (κ2) is 6.29. The van der Waals surface area contributed by atoms with Crippen molar-refractivity contribution in [2.75, 3.05) is 20.1 Å². The van der Waals surface area contributed by atoms with Crippen molar-refractivity contribution in [2.24, 2.45) is 17.6 Å². The summed E-state index contributed by atoms with van der Waals surface area (Å²) in [7, 11) is 2.11. The van der Waals surface area contributed by atoms with E-state index in [2.05, 4.69) is 18.9 Å². The number of aliphatic hydroxyl groups is 1. The highest BCUT2D eigenvalue weighted by atomic mass is 16.5. The van der Waals surface area contributed by atoms with Gasteiger partial charge >= 0.3 is 0 Å². The molecule has 0 saturated heterocycles. The van der Waals surface area contributed by atoms with Crippen molar-refractivity contribution >= 4 is 11.7 Å². The summed E-state index contributed by atoms with van der Waals surface area (Å²) in [5, 5.41) is 12.0. The lowest BCUT2D eigenvalue weighted by atomic mass is 9.49. The maximum atomic E-state index is 13.0. The van der Waals surface area contributed by atoms with Crippen molar-refractivity contribution in [3.05, 3.63) is 28.8 Å². The molecule has 5 rings (SSSR count). The number of ketones is 1. The average Bonchev–Trinajstić information content (AvgIpc) is 3.40. The van der Waals surface area contributed by atoms with Crippen molar-refractivity contribution in [1.29, 1.82) is 0 Å². The number of carbonyl (C=O) groups is 2. The number of primary amides is 1. The fourth-order valence-corrected chi connectivity index (χ4v) is 6.26.